The molecule has 0 radical (unpaired) electrons. The molecule has 3 atom stereocenters. The molecular weight excluding hydrogens is 194 g/mol. The maximum Gasteiger partial charge on any atom is 0.0209 e. The fourth-order valence-electron chi connectivity index (χ4n) is 4.68. The quantitative estimate of drug-likeness (QED) is 0.661. The van der Waals surface area contributed by atoms with Crippen LogP contribution in [0.25, 0.3) is 0 Å². The Kier molecular flexibility index (Phi) is 2.22. The van der Waals surface area contributed by atoms with Crippen LogP contribution in [0.3, 0.4) is 0 Å². The Balaban J connectivity index is 0.000000750. The summed E-state index contributed by atoms with van der Waals surface area (Å²) in [5, 5.41) is 0. The van der Waals surface area contributed by atoms with Crippen LogP contribution < -0.4 is 5.73 Å². The lowest BCUT2D eigenvalue weighted by Crippen LogP contribution is -2.66. The molecule has 4 aliphatic carbocycles. The normalized spacial score (nSPS) is 59.8. The van der Waals surface area contributed by atoms with Gasteiger partial charge in [-0.2, -0.15) is 0 Å². The highest BCUT2D eigenvalue weighted by Crippen LogP contribution is 2.63. The van der Waals surface area contributed by atoms with Gasteiger partial charge in [-0.15, -0.1) is 12.4 Å². The van der Waals surface area contributed by atoms with Crippen molar-refractivity contribution < 1.29 is 0 Å². The van der Waals surface area contributed by atoms with E-state index in [0.29, 0.717) is 5.41 Å². The molecule has 82 valence electrons. The summed E-state index contributed by atoms with van der Waals surface area (Å²) in [5.74, 6) is 2.89. The summed E-state index contributed by atoms with van der Waals surface area (Å²) in [4.78, 5) is 0. The third-order valence-electron chi connectivity index (χ3n) is 5.53. The summed E-state index contributed by atoms with van der Waals surface area (Å²) in [5.41, 5.74) is 7.16. The van der Waals surface area contributed by atoms with E-state index in [1.807, 2.05) is 0 Å². The zero-order chi connectivity index (χ0) is 9.27. The van der Waals surface area contributed by atoms with E-state index < -0.39 is 0 Å². The second kappa shape index (κ2) is 2.89. The molecule has 0 amide bonds. The molecule has 3 unspecified atom stereocenters. The molecule has 4 fully saturated rings. The number of hydrogen-bond acceptors (Lipinski definition) is 1. The van der Waals surface area contributed by atoms with Crippen LogP contribution in [0.4, 0.5) is 0 Å². The smallest absolute Gasteiger partial charge is 0.0209 e. The first-order valence-corrected chi connectivity index (χ1v) is 5.80. The summed E-state index contributed by atoms with van der Waals surface area (Å²) in [6.45, 7) is 4.76. The summed E-state index contributed by atoms with van der Waals surface area (Å²) in [6, 6.07) is 0. The molecule has 4 rings (SSSR count). The van der Waals surface area contributed by atoms with Gasteiger partial charge in [0.2, 0.25) is 0 Å². The zero-order valence-corrected chi connectivity index (χ0v) is 10.1. The highest BCUT2D eigenvalue weighted by atomic mass is 35.5. The molecule has 4 bridgehead atoms. The van der Waals surface area contributed by atoms with Gasteiger partial charge >= 0.3 is 0 Å². The highest BCUT2D eigenvalue weighted by Gasteiger charge is 2.59. The number of halogens is 1. The van der Waals surface area contributed by atoms with Crippen LogP contribution in [0.2, 0.25) is 0 Å². The van der Waals surface area contributed by atoms with E-state index in [0.717, 1.165) is 17.8 Å². The molecular formula is C12H22ClN. The largest absolute Gasteiger partial charge is 0.325 e. The minimum absolute atomic E-state index is 0. The van der Waals surface area contributed by atoms with Crippen molar-refractivity contribution in [1.29, 1.82) is 0 Å². The van der Waals surface area contributed by atoms with Gasteiger partial charge in [0.15, 0.2) is 0 Å². The Labute approximate surface area is 93.2 Å². The number of nitrogens with two attached hydrogens (primary N) is 1. The molecule has 2 heteroatoms. The van der Waals surface area contributed by atoms with E-state index in [1.54, 1.807) is 0 Å². The van der Waals surface area contributed by atoms with Crippen LogP contribution in [-0.2, 0) is 0 Å². The third kappa shape index (κ3) is 1.12. The topological polar surface area (TPSA) is 26.0 Å². The minimum Gasteiger partial charge on any atom is -0.325 e. The fraction of sp³-hybridized carbons (Fsp3) is 1.00. The van der Waals surface area contributed by atoms with Crippen LogP contribution >= 0.6 is 12.4 Å². The third-order valence-corrected chi connectivity index (χ3v) is 5.53. The predicted octanol–water partition coefficient (Wildman–Crippen LogP) is 2.97. The van der Waals surface area contributed by atoms with Crippen molar-refractivity contribution in [2.75, 3.05) is 0 Å². The van der Waals surface area contributed by atoms with Crippen LogP contribution in [-0.4, -0.2) is 5.54 Å². The van der Waals surface area contributed by atoms with E-state index in [9.17, 15) is 0 Å². The molecule has 0 aromatic carbocycles. The first kappa shape index (κ1) is 10.8. The Morgan fingerprint density at radius 1 is 1.00 bits per heavy atom. The van der Waals surface area contributed by atoms with Gasteiger partial charge in [0, 0.05) is 5.54 Å². The monoisotopic (exact) mass is 215 g/mol. The maximum atomic E-state index is 6.54. The van der Waals surface area contributed by atoms with Crippen molar-refractivity contribution in [1.82, 2.24) is 0 Å². The molecule has 14 heavy (non-hydrogen) atoms. The summed E-state index contributed by atoms with van der Waals surface area (Å²) in [7, 11) is 0. The summed E-state index contributed by atoms with van der Waals surface area (Å²) < 4.78 is 0. The fourth-order valence-corrected chi connectivity index (χ4v) is 4.68. The SMILES string of the molecule is CC12CC3CC(CC(C3)C1(C)N)C2.Cl. The van der Waals surface area contributed by atoms with Gasteiger partial charge in [0.1, 0.15) is 0 Å². The van der Waals surface area contributed by atoms with Crippen molar-refractivity contribution in [3.05, 3.63) is 0 Å². The van der Waals surface area contributed by atoms with Gasteiger partial charge < -0.3 is 5.73 Å². The molecule has 2 N–H and O–H groups in total. The molecule has 0 aliphatic heterocycles. The lowest BCUT2D eigenvalue weighted by Gasteiger charge is -2.64. The molecule has 0 aromatic heterocycles. The van der Waals surface area contributed by atoms with Gasteiger partial charge in [0.05, 0.1) is 0 Å². The maximum absolute atomic E-state index is 6.54. The Morgan fingerprint density at radius 2 is 1.50 bits per heavy atom. The first-order chi connectivity index (χ1) is 6.01. The second-order valence-corrected chi connectivity index (χ2v) is 6.39. The standard InChI is InChI=1S/C12H21N.ClH/c1-11-6-8-3-9(7-11)5-10(4-8)12(11,2)13;/h8-10H,3-7,13H2,1-2H3;1H. The van der Waals surface area contributed by atoms with E-state index in [-0.39, 0.29) is 17.9 Å². The van der Waals surface area contributed by atoms with Crippen LogP contribution in [0, 0.1) is 23.2 Å². The minimum atomic E-state index is 0. The molecule has 0 saturated heterocycles. The number of rotatable bonds is 0. The molecule has 1 nitrogen and oxygen atoms in total. The molecule has 0 aromatic rings. The van der Waals surface area contributed by atoms with Crippen molar-refractivity contribution in [2.45, 2.75) is 51.5 Å². The number of hydrogen-bond donors (Lipinski definition) is 1. The van der Waals surface area contributed by atoms with Crippen LogP contribution in [0.5, 0.6) is 0 Å². The van der Waals surface area contributed by atoms with Gasteiger partial charge in [0.25, 0.3) is 0 Å². The lowest BCUT2D eigenvalue weighted by atomic mass is 9.43. The lowest BCUT2D eigenvalue weighted by molar-refractivity contribution is -0.108. The van der Waals surface area contributed by atoms with E-state index in [4.69, 9.17) is 5.73 Å². The van der Waals surface area contributed by atoms with E-state index in [1.165, 1.54) is 32.1 Å². The van der Waals surface area contributed by atoms with E-state index in [2.05, 4.69) is 13.8 Å². The Morgan fingerprint density at radius 3 is 1.93 bits per heavy atom. The van der Waals surface area contributed by atoms with Crippen LogP contribution in [0.1, 0.15) is 46.0 Å². The first-order valence-electron chi connectivity index (χ1n) is 5.80. The van der Waals surface area contributed by atoms with Crippen molar-refractivity contribution in [3.8, 4) is 0 Å². The summed E-state index contributed by atoms with van der Waals surface area (Å²) in [6.07, 6.45) is 7.19. The predicted molar refractivity (Wildman–Crippen MR) is 61.5 cm³/mol. The zero-order valence-electron chi connectivity index (χ0n) is 9.25. The van der Waals surface area contributed by atoms with Crippen LogP contribution in [0.15, 0.2) is 0 Å². The highest BCUT2D eigenvalue weighted by molar-refractivity contribution is 5.85. The second-order valence-electron chi connectivity index (χ2n) is 6.39. The van der Waals surface area contributed by atoms with Gasteiger partial charge in [-0.3, -0.25) is 0 Å². The molecule has 4 saturated carbocycles. The molecule has 0 spiro atoms. The van der Waals surface area contributed by atoms with Crippen molar-refractivity contribution in [2.24, 2.45) is 28.9 Å². The van der Waals surface area contributed by atoms with Crippen molar-refractivity contribution in [3.63, 3.8) is 0 Å². The Hall–Kier alpha value is 0.250. The average molecular weight is 216 g/mol. The molecule has 4 aliphatic rings. The average Bonchev–Trinajstić information content (AvgIpc) is 1.99. The van der Waals surface area contributed by atoms with Gasteiger partial charge in [-0.1, -0.05) is 6.92 Å². The van der Waals surface area contributed by atoms with Gasteiger partial charge in [-0.25, -0.2) is 0 Å². The Bertz CT molecular complexity index is 235. The summed E-state index contributed by atoms with van der Waals surface area (Å²) >= 11 is 0. The molecule has 0 heterocycles. The van der Waals surface area contributed by atoms with Crippen molar-refractivity contribution >= 4 is 12.4 Å². The van der Waals surface area contributed by atoms with E-state index >= 15 is 0 Å². The van der Waals surface area contributed by atoms with Gasteiger partial charge in [-0.05, 0) is 62.2 Å².